The number of aromatic nitrogens is 4. The molecule has 294 valence electrons. The third-order valence-corrected chi connectivity index (χ3v) is 13.7. The zero-order chi connectivity index (χ0) is 41.4. The number of thiophene rings is 1. The Hall–Kier alpha value is -8.12. The van der Waals surface area contributed by atoms with Crippen molar-refractivity contribution in [3.8, 4) is 56.4 Å². The quantitative estimate of drug-likeness (QED) is 0.167. The van der Waals surface area contributed by atoms with Crippen molar-refractivity contribution >= 4 is 75.1 Å². The van der Waals surface area contributed by atoms with Crippen molar-refractivity contribution in [1.29, 1.82) is 0 Å². The first-order chi connectivity index (χ1) is 31.2. The first kappa shape index (κ1) is 35.6. The van der Waals surface area contributed by atoms with Crippen molar-refractivity contribution in [3.63, 3.8) is 0 Å². The van der Waals surface area contributed by atoms with E-state index >= 15 is 0 Å². The van der Waals surface area contributed by atoms with E-state index in [1.54, 1.807) is 0 Å². The Morgan fingerprint density at radius 1 is 0.317 bits per heavy atom. The van der Waals surface area contributed by atoms with Crippen molar-refractivity contribution in [3.05, 3.63) is 218 Å². The van der Waals surface area contributed by atoms with Gasteiger partial charge in [-0.1, -0.05) is 158 Å². The van der Waals surface area contributed by atoms with Gasteiger partial charge in [0.05, 0.1) is 33.5 Å². The molecule has 0 amide bonds. The van der Waals surface area contributed by atoms with E-state index in [4.69, 9.17) is 9.97 Å². The van der Waals surface area contributed by atoms with Crippen LogP contribution in [0.5, 0.6) is 0 Å². The number of para-hydroxylation sites is 2. The van der Waals surface area contributed by atoms with Gasteiger partial charge in [0.25, 0.3) is 0 Å². The number of hydrogen-bond acceptors (Lipinski definition) is 3. The minimum atomic E-state index is 0.700. The van der Waals surface area contributed by atoms with Gasteiger partial charge in [-0.05, 0) is 71.8 Å². The van der Waals surface area contributed by atoms with Gasteiger partial charge in [0.2, 0.25) is 0 Å². The Balaban J connectivity index is 1.16. The molecule has 0 aliphatic rings. The molecule has 9 aromatic carbocycles. The minimum Gasteiger partial charge on any atom is -0.309 e. The average Bonchev–Trinajstić information content (AvgIpc) is 4.01. The number of fused-ring (bicyclic) bond motifs is 9. The topological polar surface area (TPSA) is 35.6 Å². The summed E-state index contributed by atoms with van der Waals surface area (Å²) in [6.07, 6.45) is 0. The molecule has 4 nitrogen and oxygen atoms in total. The Bertz CT molecular complexity index is 3830. The predicted octanol–water partition coefficient (Wildman–Crippen LogP) is 15.7. The summed E-state index contributed by atoms with van der Waals surface area (Å²) >= 11 is 1.81. The summed E-state index contributed by atoms with van der Waals surface area (Å²) in [5.74, 6) is 0.700. The molecule has 13 aromatic rings. The van der Waals surface area contributed by atoms with Crippen LogP contribution in [0, 0.1) is 0 Å². The maximum atomic E-state index is 5.41. The third-order valence-electron chi connectivity index (χ3n) is 12.5. The summed E-state index contributed by atoms with van der Waals surface area (Å²) in [6, 6.07) is 78.5. The summed E-state index contributed by atoms with van der Waals surface area (Å²) in [5.41, 5.74) is 14.1. The fourth-order valence-corrected chi connectivity index (χ4v) is 10.8. The molecule has 0 atom stereocenters. The first-order valence-electron chi connectivity index (χ1n) is 21.3. The Morgan fingerprint density at radius 2 is 0.857 bits per heavy atom. The van der Waals surface area contributed by atoms with Crippen LogP contribution in [0.2, 0.25) is 0 Å². The molecule has 0 spiro atoms. The van der Waals surface area contributed by atoms with Gasteiger partial charge in [0.1, 0.15) is 0 Å². The highest BCUT2D eigenvalue weighted by atomic mass is 32.1. The average molecular weight is 821 g/mol. The lowest BCUT2D eigenvalue weighted by molar-refractivity contribution is 1.16. The molecule has 0 saturated heterocycles. The number of benzene rings is 9. The van der Waals surface area contributed by atoms with E-state index in [2.05, 4.69) is 228 Å². The van der Waals surface area contributed by atoms with Crippen molar-refractivity contribution in [1.82, 2.24) is 19.1 Å². The third kappa shape index (κ3) is 5.74. The Kier molecular flexibility index (Phi) is 8.05. The summed E-state index contributed by atoms with van der Waals surface area (Å²) in [7, 11) is 0. The van der Waals surface area contributed by atoms with Gasteiger partial charge < -0.3 is 9.13 Å². The second kappa shape index (κ2) is 14.2. The van der Waals surface area contributed by atoms with E-state index in [1.165, 1.54) is 58.4 Å². The molecule has 4 heterocycles. The zero-order valence-corrected chi connectivity index (χ0v) is 34.8. The van der Waals surface area contributed by atoms with Crippen LogP contribution in [0.1, 0.15) is 0 Å². The van der Waals surface area contributed by atoms with Crippen molar-refractivity contribution in [2.24, 2.45) is 0 Å². The molecule has 0 radical (unpaired) electrons. The largest absolute Gasteiger partial charge is 0.309 e. The molecule has 0 aliphatic carbocycles. The van der Waals surface area contributed by atoms with Crippen LogP contribution < -0.4 is 0 Å². The highest BCUT2D eigenvalue weighted by molar-refractivity contribution is 7.26. The van der Waals surface area contributed by atoms with Crippen molar-refractivity contribution < 1.29 is 0 Å². The van der Waals surface area contributed by atoms with Gasteiger partial charge in [-0.2, -0.15) is 0 Å². The van der Waals surface area contributed by atoms with Crippen molar-refractivity contribution in [2.75, 3.05) is 0 Å². The fourth-order valence-electron chi connectivity index (χ4n) is 9.61. The van der Waals surface area contributed by atoms with E-state index in [1.807, 2.05) is 11.3 Å². The molecule has 0 saturated carbocycles. The predicted molar refractivity (Wildman–Crippen MR) is 265 cm³/mol. The Labute approximate surface area is 367 Å². The summed E-state index contributed by atoms with van der Waals surface area (Å²) < 4.78 is 7.30. The lowest BCUT2D eigenvalue weighted by atomic mass is 10.0. The number of rotatable bonds is 6. The SMILES string of the molecule is c1ccc(-c2ccc3c4cc5c6ccccc6n(-c6ccccc6)c5cc4n(-c4cc(-c5nc(-c6ccccc6)cc(-c6ccccc6)n5)c5sc6ccccc6c5c4)c3c2)cc1. The van der Waals surface area contributed by atoms with Gasteiger partial charge in [-0.15, -0.1) is 11.3 Å². The van der Waals surface area contributed by atoms with E-state index in [9.17, 15) is 0 Å². The summed E-state index contributed by atoms with van der Waals surface area (Å²) in [4.78, 5) is 10.8. The van der Waals surface area contributed by atoms with E-state index < -0.39 is 0 Å². The molecule has 13 rings (SSSR count). The van der Waals surface area contributed by atoms with Crippen LogP contribution in [0.25, 0.3) is 120 Å². The highest BCUT2D eigenvalue weighted by Crippen LogP contribution is 2.45. The van der Waals surface area contributed by atoms with Gasteiger partial charge in [-0.3, -0.25) is 0 Å². The lowest BCUT2D eigenvalue weighted by Crippen LogP contribution is -1.99. The molecule has 0 N–H and O–H groups in total. The smallest absolute Gasteiger partial charge is 0.161 e. The van der Waals surface area contributed by atoms with Crippen LogP contribution >= 0.6 is 11.3 Å². The second-order valence-electron chi connectivity index (χ2n) is 16.2. The summed E-state index contributed by atoms with van der Waals surface area (Å²) in [6.45, 7) is 0. The normalized spacial score (nSPS) is 11.8. The van der Waals surface area contributed by atoms with Crippen LogP contribution in [0.4, 0.5) is 0 Å². The van der Waals surface area contributed by atoms with E-state index in [0.29, 0.717) is 5.82 Å². The molecule has 0 aliphatic heterocycles. The van der Waals surface area contributed by atoms with Crippen LogP contribution in [-0.4, -0.2) is 19.1 Å². The number of nitrogens with zero attached hydrogens (tertiary/aromatic N) is 4. The van der Waals surface area contributed by atoms with Crippen LogP contribution in [0.3, 0.4) is 0 Å². The van der Waals surface area contributed by atoms with Gasteiger partial charge in [-0.25, -0.2) is 9.97 Å². The van der Waals surface area contributed by atoms with Gasteiger partial charge >= 0.3 is 0 Å². The van der Waals surface area contributed by atoms with Crippen molar-refractivity contribution in [2.45, 2.75) is 0 Å². The molecule has 0 bridgehead atoms. The zero-order valence-electron chi connectivity index (χ0n) is 34.0. The molecule has 63 heavy (non-hydrogen) atoms. The molecular weight excluding hydrogens is 785 g/mol. The molecule has 0 unspecified atom stereocenters. The fraction of sp³-hybridized carbons (Fsp3) is 0. The highest BCUT2D eigenvalue weighted by Gasteiger charge is 2.22. The molecule has 5 heteroatoms. The standard InChI is InChI=1S/C58H36N4S/c1-5-17-37(18-6-1)40-29-30-44-47-34-46-43-25-13-15-27-52(43)61(41-23-11-4-12-24-41)54(46)36-55(47)62(53(44)31-40)42-32-48-45-26-14-16-28-56(45)63-57(48)49(33-42)58-59-50(38-19-7-2-8-20-38)35-51(60-58)39-21-9-3-10-22-39/h1-36H. The Morgan fingerprint density at radius 3 is 1.54 bits per heavy atom. The van der Waals surface area contributed by atoms with E-state index in [-0.39, 0.29) is 0 Å². The monoisotopic (exact) mass is 820 g/mol. The molecular formula is C58H36N4S. The molecule has 0 fully saturated rings. The maximum absolute atomic E-state index is 5.41. The van der Waals surface area contributed by atoms with E-state index in [0.717, 1.165) is 56.0 Å². The van der Waals surface area contributed by atoms with Crippen LogP contribution in [0.15, 0.2) is 218 Å². The van der Waals surface area contributed by atoms with Gasteiger partial charge in [0.15, 0.2) is 5.82 Å². The maximum Gasteiger partial charge on any atom is 0.161 e. The summed E-state index contributed by atoms with van der Waals surface area (Å²) in [5, 5.41) is 7.28. The lowest BCUT2D eigenvalue weighted by Gasteiger charge is -2.14. The second-order valence-corrected chi connectivity index (χ2v) is 17.2. The first-order valence-corrected chi connectivity index (χ1v) is 22.1. The number of hydrogen-bond donors (Lipinski definition) is 0. The van der Waals surface area contributed by atoms with Crippen LogP contribution in [-0.2, 0) is 0 Å². The van der Waals surface area contributed by atoms with Gasteiger partial charge in [0, 0.05) is 69.8 Å². The minimum absolute atomic E-state index is 0.700. The molecule has 4 aromatic heterocycles.